The standard InChI is InChI=1S/C15H18N4O5S/c1-9-3-4-10(11(7-9)19(22)23)17-13(20)8-12-14(21)18-15(25-12)16-5-6-24-2/h3-4,7,12H,5-6,8H2,1-2H3,(H,17,20)(H,16,18,21)/t12-/m0/s1. The lowest BCUT2D eigenvalue weighted by atomic mass is 10.2. The van der Waals surface area contributed by atoms with Crippen molar-refractivity contribution in [1.82, 2.24) is 5.32 Å². The molecule has 1 saturated heterocycles. The average molecular weight is 366 g/mol. The number of carbonyl (C=O) groups excluding carboxylic acids is 2. The molecule has 134 valence electrons. The average Bonchev–Trinajstić information content (AvgIpc) is 2.89. The van der Waals surface area contributed by atoms with Crippen LogP contribution in [0.1, 0.15) is 12.0 Å². The number of carbonyl (C=O) groups is 2. The number of ether oxygens (including phenoxy) is 1. The summed E-state index contributed by atoms with van der Waals surface area (Å²) in [5.74, 6) is -0.785. The molecular weight excluding hydrogens is 348 g/mol. The van der Waals surface area contributed by atoms with E-state index in [4.69, 9.17) is 4.74 Å². The third kappa shape index (κ3) is 5.26. The van der Waals surface area contributed by atoms with Crippen molar-refractivity contribution in [2.75, 3.05) is 25.6 Å². The molecular formula is C15H18N4O5S. The normalized spacial score (nSPS) is 18.2. The minimum atomic E-state index is -0.620. The Kier molecular flexibility index (Phi) is 6.48. The summed E-state index contributed by atoms with van der Waals surface area (Å²) >= 11 is 1.16. The van der Waals surface area contributed by atoms with Gasteiger partial charge in [-0.3, -0.25) is 24.7 Å². The van der Waals surface area contributed by atoms with E-state index in [0.29, 0.717) is 23.9 Å². The Bertz CT molecular complexity index is 722. The second-order valence-electron chi connectivity index (χ2n) is 5.31. The lowest BCUT2D eigenvalue weighted by Crippen LogP contribution is -2.28. The number of nitro benzene ring substituents is 1. The first kappa shape index (κ1) is 18.9. The highest BCUT2D eigenvalue weighted by atomic mass is 32.2. The summed E-state index contributed by atoms with van der Waals surface area (Å²) in [6, 6.07) is 4.53. The molecule has 1 aromatic carbocycles. The predicted octanol–water partition coefficient (Wildman–Crippen LogP) is 1.47. The van der Waals surface area contributed by atoms with Gasteiger partial charge in [-0.05, 0) is 18.6 Å². The monoisotopic (exact) mass is 366 g/mol. The van der Waals surface area contributed by atoms with Crippen molar-refractivity contribution in [1.29, 1.82) is 0 Å². The number of aryl methyl sites for hydroxylation is 1. The Morgan fingerprint density at radius 1 is 1.52 bits per heavy atom. The van der Waals surface area contributed by atoms with Gasteiger partial charge in [0.25, 0.3) is 5.69 Å². The van der Waals surface area contributed by atoms with Crippen molar-refractivity contribution in [2.24, 2.45) is 4.99 Å². The van der Waals surface area contributed by atoms with E-state index in [2.05, 4.69) is 15.6 Å². The molecule has 0 saturated carbocycles. The highest BCUT2D eigenvalue weighted by molar-refractivity contribution is 8.15. The zero-order valence-corrected chi connectivity index (χ0v) is 14.6. The van der Waals surface area contributed by atoms with Gasteiger partial charge >= 0.3 is 0 Å². The number of methoxy groups -OCH3 is 1. The fourth-order valence-electron chi connectivity index (χ4n) is 2.12. The zero-order valence-electron chi connectivity index (χ0n) is 13.8. The Hall–Kier alpha value is -2.46. The van der Waals surface area contributed by atoms with Crippen molar-refractivity contribution in [3.63, 3.8) is 0 Å². The molecule has 0 radical (unpaired) electrons. The van der Waals surface area contributed by atoms with E-state index in [9.17, 15) is 19.7 Å². The van der Waals surface area contributed by atoms with Crippen LogP contribution >= 0.6 is 11.8 Å². The third-order valence-electron chi connectivity index (χ3n) is 3.32. The number of thioether (sulfide) groups is 1. The Balaban J connectivity index is 1.98. The number of anilines is 1. The molecule has 0 unspecified atom stereocenters. The molecule has 1 aromatic rings. The molecule has 0 aliphatic carbocycles. The maximum Gasteiger partial charge on any atom is 0.293 e. The number of hydrogen-bond acceptors (Lipinski definition) is 7. The molecule has 1 heterocycles. The Morgan fingerprint density at radius 2 is 2.28 bits per heavy atom. The third-order valence-corrected chi connectivity index (χ3v) is 4.44. The van der Waals surface area contributed by atoms with Crippen molar-refractivity contribution in [3.05, 3.63) is 33.9 Å². The van der Waals surface area contributed by atoms with E-state index in [0.717, 1.165) is 11.8 Å². The molecule has 2 N–H and O–H groups in total. The van der Waals surface area contributed by atoms with Gasteiger partial charge in [0, 0.05) is 19.6 Å². The number of amidine groups is 1. The first-order chi connectivity index (χ1) is 11.9. The van der Waals surface area contributed by atoms with Gasteiger partial charge in [0.15, 0.2) is 5.17 Å². The van der Waals surface area contributed by atoms with Gasteiger partial charge in [0.1, 0.15) is 10.9 Å². The van der Waals surface area contributed by atoms with Crippen LogP contribution in [0.2, 0.25) is 0 Å². The topological polar surface area (TPSA) is 123 Å². The quantitative estimate of drug-likeness (QED) is 0.428. The highest BCUT2D eigenvalue weighted by Gasteiger charge is 2.32. The summed E-state index contributed by atoms with van der Waals surface area (Å²) in [7, 11) is 1.55. The van der Waals surface area contributed by atoms with Crippen LogP contribution < -0.4 is 10.6 Å². The summed E-state index contributed by atoms with van der Waals surface area (Å²) in [5, 5.41) is 16.0. The van der Waals surface area contributed by atoms with Crippen LogP contribution in [0, 0.1) is 17.0 Å². The van der Waals surface area contributed by atoms with Gasteiger partial charge < -0.3 is 15.4 Å². The maximum absolute atomic E-state index is 12.2. The van der Waals surface area contributed by atoms with Crippen molar-refractivity contribution < 1.29 is 19.2 Å². The maximum atomic E-state index is 12.2. The molecule has 1 atom stereocenters. The van der Waals surface area contributed by atoms with Gasteiger partial charge in [-0.15, -0.1) is 0 Å². The SMILES string of the molecule is COCCN=C1NC(=O)[C@H](CC(=O)Nc2ccc(C)cc2[N+](=O)[O-])S1. The fraction of sp³-hybridized carbons (Fsp3) is 0.400. The number of rotatable bonds is 7. The number of aliphatic imine (C=N–C) groups is 1. The van der Waals surface area contributed by atoms with Crippen LogP contribution in [0.3, 0.4) is 0 Å². The van der Waals surface area contributed by atoms with E-state index in [1.54, 1.807) is 20.1 Å². The minimum absolute atomic E-state index is 0.106. The molecule has 1 aliphatic rings. The van der Waals surface area contributed by atoms with Crippen molar-refractivity contribution in [2.45, 2.75) is 18.6 Å². The molecule has 0 aromatic heterocycles. The zero-order chi connectivity index (χ0) is 18.4. The molecule has 10 heteroatoms. The largest absolute Gasteiger partial charge is 0.383 e. The van der Waals surface area contributed by atoms with E-state index in [1.165, 1.54) is 12.1 Å². The summed E-state index contributed by atoms with van der Waals surface area (Å²) in [6.07, 6.45) is -0.106. The molecule has 1 aliphatic heterocycles. The summed E-state index contributed by atoms with van der Waals surface area (Å²) in [6.45, 7) is 2.57. The molecule has 25 heavy (non-hydrogen) atoms. The second kappa shape index (κ2) is 8.58. The van der Waals surface area contributed by atoms with Crippen molar-refractivity contribution >= 4 is 40.1 Å². The Labute approximate surface area is 148 Å². The molecule has 2 amide bonds. The first-order valence-electron chi connectivity index (χ1n) is 7.46. The highest BCUT2D eigenvalue weighted by Crippen LogP contribution is 2.27. The smallest absolute Gasteiger partial charge is 0.293 e. The van der Waals surface area contributed by atoms with Crippen LogP contribution in [-0.2, 0) is 14.3 Å². The predicted molar refractivity (Wildman–Crippen MR) is 94.8 cm³/mol. The molecule has 2 rings (SSSR count). The number of nitro groups is 1. The van der Waals surface area contributed by atoms with E-state index >= 15 is 0 Å². The van der Waals surface area contributed by atoms with Crippen LogP contribution in [0.25, 0.3) is 0 Å². The van der Waals surface area contributed by atoms with E-state index in [-0.39, 0.29) is 23.7 Å². The number of nitrogens with zero attached hydrogens (tertiary/aromatic N) is 2. The van der Waals surface area contributed by atoms with Gasteiger partial charge in [-0.1, -0.05) is 17.8 Å². The molecule has 0 bridgehead atoms. The lowest BCUT2D eigenvalue weighted by molar-refractivity contribution is -0.384. The Morgan fingerprint density at radius 3 is 2.96 bits per heavy atom. The number of amides is 2. The summed E-state index contributed by atoms with van der Waals surface area (Å²) < 4.78 is 4.88. The van der Waals surface area contributed by atoms with Crippen LogP contribution in [0.4, 0.5) is 11.4 Å². The molecule has 1 fully saturated rings. The second-order valence-corrected chi connectivity index (χ2v) is 6.50. The first-order valence-corrected chi connectivity index (χ1v) is 8.34. The van der Waals surface area contributed by atoms with E-state index in [1.807, 2.05) is 0 Å². The van der Waals surface area contributed by atoms with Crippen LogP contribution in [-0.4, -0.2) is 47.4 Å². The van der Waals surface area contributed by atoms with Crippen molar-refractivity contribution in [3.8, 4) is 0 Å². The minimum Gasteiger partial charge on any atom is -0.383 e. The molecule has 9 nitrogen and oxygen atoms in total. The molecule has 0 spiro atoms. The summed E-state index contributed by atoms with van der Waals surface area (Å²) in [4.78, 5) is 38.7. The number of benzene rings is 1. The van der Waals surface area contributed by atoms with Crippen LogP contribution in [0.15, 0.2) is 23.2 Å². The van der Waals surface area contributed by atoms with Gasteiger partial charge in [-0.25, -0.2) is 0 Å². The van der Waals surface area contributed by atoms with Crippen LogP contribution in [0.5, 0.6) is 0 Å². The summed E-state index contributed by atoms with van der Waals surface area (Å²) in [5.41, 5.74) is 0.643. The van der Waals surface area contributed by atoms with E-state index < -0.39 is 16.1 Å². The lowest BCUT2D eigenvalue weighted by Gasteiger charge is -2.08. The number of nitrogens with one attached hydrogen (secondary N) is 2. The van der Waals surface area contributed by atoms with Gasteiger partial charge in [0.05, 0.1) is 18.1 Å². The van der Waals surface area contributed by atoms with Gasteiger partial charge in [-0.2, -0.15) is 0 Å². The van der Waals surface area contributed by atoms with Gasteiger partial charge in [0.2, 0.25) is 11.8 Å². The number of hydrogen-bond donors (Lipinski definition) is 2. The fourth-order valence-corrected chi connectivity index (χ4v) is 3.12.